The minimum absolute atomic E-state index is 0.119. The third-order valence-corrected chi connectivity index (χ3v) is 3.72. The number of rotatable bonds is 7. The molecule has 130 valence electrons. The van der Waals surface area contributed by atoms with E-state index in [2.05, 4.69) is 30.7 Å². The summed E-state index contributed by atoms with van der Waals surface area (Å²) in [4.78, 5) is 8.40. The highest BCUT2D eigenvalue weighted by Crippen LogP contribution is 2.32. The van der Waals surface area contributed by atoms with Gasteiger partial charge in [0.15, 0.2) is 0 Å². The lowest BCUT2D eigenvalue weighted by Gasteiger charge is -2.17. The molecule has 0 bridgehead atoms. The van der Waals surface area contributed by atoms with E-state index in [4.69, 9.17) is 4.74 Å². The summed E-state index contributed by atoms with van der Waals surface area (Å²) >= 11 is 0. The topological polar surface area (TPSA) is 35.0 Å². The molecule has 0 aromatic carbocycles. The molecule has 0 aliphatic carbocycles. The van der Waals surface area contributed by atoms with Crippen LogP contribution in [0.4, 0.5) is 8.78 Å². The standard InChI is InChI=1S/C19H24F2N2O/c1-12(2)7-13(3)11-24-18-10-23-17(9-16(18)19(20)21)15-5-6-22-14(4)8-15/h5-6,8-10,12-13,19H,7,11H2,1-4H3. The number of hydrogen-bond donors (Lipinski definition) is 0. The van der Waals surface area contributed by atoms with Crippen LogP contribution in [0.25, 0.3) is 11.3 Å². The van der Waals surface area contributed by atoms with Gasteiger partial charge in [-0.15, -0.1) is 0 Å². The molecule has 24 heavy (non-hydrogen) atoms. The van der Waals surface area contributed by atoms with Gasteiger partial charge in [-0.05, 0) is 43.4 Å². The van der Waals surface area contributed by atoms with Crippen LogP contribution in [-0.4, -0.2) is 16.6 Å². The minimum Gasteiger partial charge on any atom is -0.491 e. The van der Waals surface area contributed by atoms with Gasteiger partial charge >= 0.3 is 0 Å². The van der Waals surface area contributed by atoms with E-state index in [1.165, 1.54) is 12.3 Å². The summed E-state index contributed by atoms with van der Waals surface area (Å²) in [6.45, 7) is 8.59. The summed E-state index contributed by atoms with van der Waals surface area (Å²) in [6, 6.07) is 4.99. The molecule has 0 aliphatic rings. The van der Waals surface area contributed by atoms with Gasteiger partial charge in [-0.1, -0.05) is 20.8 Å². The van der Waals surface area contributed by atoms with Gasteiger partial charge in [-0.25, -0.2) is 8.78 Å². The fourth-order valence-corrected chi connectivity index (χ4v) is 2.72. The van der Waals surface area contributed by atoms with E-state index in [9.17, 15) is 8.78 Å². The highest BCUT2D eigenvalue weighted by atomic mass is 19.3. The number of pyridine rings is 2. The molecule has 0 radical (unpaired) electrons. The van der Waals surface area contributed by atoms with Crippen LogP contribution in [0, 0.1) is 18.8 Å². The van der Waals surface area contributed by atoms with Gasteiger partial charge in [0.1, 0.15) is 5.75 Å². The van der Waals surface area contributed by atoms with E-state index >= 15 is 0 Å². The highest BCUT2D eigenvalue weighted by Gasteiger charge is 2.18. The maximum atomic E-state index is 13.4. The fourth-order valence-electron chi connectivity index (χ4n) is 2.72. The number of alkyl halides is 2. The normalized spacial score (nSPS) is 12.7. The van der Waals surface area contributed by atoms with Crippen LogP contribution in [0.15, 0.2) is 30.6 Å². The van der Waals surface area contributed by atoms with Crippen LogP contribution in [0.5, 0.6) is 5.75 Å². The van der Waals surface area contributed by atoms with Crippen LogP contribution in [-0.2, 0) is 0 Å². The van der Waals surface area contributed by atoms with Crippen LogP contribution >= 0.6 is 0 Å². The van der Waals surface area contributed by atoms with E-state index in [1.54, 1.807) is 12.3 Å². The lowest BCUT2D eigenvalue weighted by molar-refractivity contribution is 0.142. The van der Waals surface area contributed by atoms with Crippen molar-refractivity contribution in [2.75, 3.05) is 6.61 Å². The van der Waals surface area contributed by atoms with Crippen molar-refractivity contribution in [3.8, 4) is 17.0 Å². The number of halogens is 2. The van der Waals surface area contributed by atoms with Gasteiger partial charge in [0.25, 0.3) is 6.43 Å². The van der Waals surface area contributed by atoms with Crippen molar-refractivity contribution in [1.82, 2.24) is 9.97 Å². The second-order valence-electron chi connectivity index (χ2n) is 6.64. The number of nitrogens with zero attached hydrogens (tertiary/aromatic N) is 2. The average Bonchev–Trinajstić information content (AvgIpc) is 2.52. The first-order valence-corrected chi connectivity index (χ1v) is 8.20. The summed E-state index contributed by atoms with van der Waals surface area (Å²) in [6.07, 6.45) is 1.43. The van der Waals surface area contributed by atoms with Crippen LogP contribution < -0.4 is 4.74 Å². The quantitative estimate of drug-likeness (QED) is 0.675. The smallest absolute Gasteiger partial charge is 0.267 e. The van der Waals surface area contributed by atoms with Gasteiger partial charge < -0.3 is 4.74 Å². The van der Waals surface area contributed by atoms with Crippen molar-refractivity contribution in [2.45, 2.75) is 40.5 Å². The largest absolute Gasteiger partial charge is 0.491 e. The zero-order valence-electron chi connectivity index (χ0n) is 14.6. The second-order valence-corrected chi connectivity index (χ2v) is 6.64. The minimum atomic E-state index is -2.61. The van der Waals surface area contributed by atoms with Crippen LogP contribution in [0.2, 0.25) is 0 Å². The number of ether oxygens (including phenoxy) is 1. The molecule has 2 aromatic rings. The van der Waals surface area contributed by atoms with Gasteiger partial charge in [0.05, 0.1) is 24.1 Å². The Morgan fingerprint density at radius 3 is 2.50 bits per heavy atom. The van der Waals surface area contributed by atoms with Crippen molar-refractivity contribution in [1.29, 1.82) is 0 Å². The molecule has 0 fully saturated rings. The molecule has 0 aliphatic heterocycles. The molecule has 3 nitrogen and oxygen atoms in total. The monoisotopic (exact) mass is 334 g/mol. The maximum absolute atomic E-state index is 13.4. The Balaban J connectivity index is 2.21. The van der Waals surface area contributed by atoms with Crippen molar-refractivity contribution >= 4 is 0 Å². The van der Waals surface area contributed by atoms with Crippen molar-refractivity contribution in [3.63, 3.8) is 0 Å². The van der Waals surface area contributed by atoms with E-state index < -0.39 is 6.43 Å². The maximum Gasteiger partial charge on any atom is 0.267 e. The second kappa shape index (κ2) is 8.18. The predicted molar refractivity (Wildman–Crippen MR) is 91.3 cm³/mol. The molecule has 5 heteroatoms. The molecule has 1 atom stereocenters. The highest BCUT2D eigenvalue weighted by molar-refractivity contribution is 5.61. The predicted octanol–water partition coefficient (Wildman–Crippen LogP) is 5.45. The Bertz CT molecular complexity index is 674. The third-order valence-electron chi connectivity index (χ3n) is 3.72. The molecule has 0 saturated carbocycles. The number of aryl methyl sites for hydroxylation is 1. The van der Waals surface area contributed by atoms with E-state index in [1.807, 2.05) is 13.0 Å². The summed E-state index contributed by atoms with van der Waals surface area (Å²) < 4.78 is 32.5. The Labute approximate surface area is 142 Å². The van der Waals surface area contributed by atoms with E-state index in [0.717, 1.165) is 17.7 Å². The molecule has 1 unspecified atom stereocenters. The summed E-state index contributed by atoms with van der Waals surface area (Å²) in [5.41, 5.74) is 1.96. The molecule has 2 rings (SSSR count). The Hall–Kier alpha value is -2.04. The fraction of sp³-hybridized carbons (Fsp3) is 0.474. The summed E-state index contributed by atoms with van der Waals surface area (Å²) in [5, 5.41) is 0. The van der Waals surface area contributed by atoms with Gasteiger partial charge in [0.2, 0.25) is 0 Å². The lowest BCUT2D eigenvalue weighted by Crippen LogP contribution is -2.12. The zero-order chi connectivity index (χ0) is 17.7. The molecular formula is C19H24F2N2O. The molecular weight excluding hydrogens is 310 g/mol. The first-order valence-electron chi connectivity index (χ1n) is 8.20. The molecule has 0 amide bonds. The number of aromatic nitrogens is 2. The molecule has 0 spiro atoms. The molecule has 0 N–H and O–H groups in total. The first kappa shape index (κ1) is 18.3. The SMILES string of the molecule is Cc1cc(-c2cc(C(F)F)c(OCC(C)CC(C)C)cn2)ccn1. The molecule has 0 saturated heterocycles. The third kappa shape index (κ3) is 4.98. The Morgan fingerprint density at radius 2 is 1.88 bits per heavy atom. The van der Waals surface area contributed by atoms with Crippen LogP contribution in [0.3, 0.4) is 0 Å². The van der Waals surface area contributed by atoms with E-state index in [-0.39, 0.29) is 11.3 Å². The molecule has 2 heterocycles. The Kier molecular flexibility index (Phi) is 6.23. The van der Waals surface area contributed by atoms with Crippen LogP contribution in [0.1, 0.15) is 44.9 Å². The molecule has 2 aromatic heterocycles. The lowest BCUT2D eigenvalue weighted by atomic mass is 10.00. The van der Waals surface area contributed by atoms with Crippen molar-refractivity contribution in [2.24, 2.45) is 11.8 Å². The van der Waals surface area contributed by atoms with Gasteiger partial charge in [-0.2, -0.15) is 0 Å². The zero-order valence-corrected chi connectivity index (χ0v) is 14.6. The Morgan fingerprint density at radius 1 is 1.12 bits per heavy atom. The van der Waals surface area contributed by atoms with Crippen molar-refractivity contribution < 1.29 is 13.5 Å². The van der Waals surface area contributed by atoms with Gasteiger partial charge in [0, 0.05) is 17.5 Å². The van der Waals surface area contributed by atoms with Gasteiger partial charge in [-0.3, -0.25) is 9.97 Å². The summed E-state index contributed by atoms with van der Waals surface area (Å²) in [5.74, 6) is 1.02. The summed E-state index contributed by atoms with van der Waals surface area (Å²) in [7, 11) is 0. The van der Waals surface area contributed by atoms with E-state index in [0.29, 0.717) is 24.1 Å². The number of hydrogen-bond acceptors (Lipinski definition) is 3. The van der Waals surface area contributed by atoms with Crippen molar-refractivity contribution in [3.05, 3.63) is 41.9 Å². The average molecular weight is 334 g/mol. The first-order chi connectivity index (χ1) is 11.4.